The van der Waals surface area contributed by atoms with Crippen molar-refractivity contribution in [1.82, 2.24) is 14.7 Å². The summed E-state index contributed by atoms with van der Waals surface area (Å²) in [6.07, 6.45) is 7.87. The highest BCUT2D eigenvalue weighted by molar-refractivity contribution is 7.90. The highest BCUT2D eigenvalue weighted by Crippen LogP contribution is 2.42. The quantitative estimate of drug-likeness (QED) is 0.739. The van der Waals surface area contributed by atoms with E-state index in [1.807, 2.05) is 18.5 Å². The molecule has 0 radical (unpaired) electrons. The molecule has 8 heteroatoms. The lowest BCUT2D eigenvalue weighted by Crippen LogP contribution is -2.46. The first-order chi connectivity index (χ1) is 13.3. The van der Waals surface area contributed by atoms with Crippen LogP contribution in [0.3, 0.4) is 0 Å². The van der Waals surface area contributed by atoms with E-state index in [2.05, 4.69) is 22.1 Å². The van der Waals surface area contributed by atoms with Crippen molar-refractivity contribution in [2.24, 2.45) is 0 Å². The van der Waals surface area contributed by atoms with Crippen LogP contribution >= 0.6 is 11.6 Å². The Morgan fingerprint density at radius 3 is 2.82 bits per heavy atom. The molecule has 1 fully saturated rings. The lowest BCUT2D eigenvalue weighted by atomic mass is 9.79. The number of ether oxygens (including phenoxy) is 1. The van der Waals surface area contributed by atoms with Crippen LogP contribution in [-0.4, -0.2) is 54.8 Å². The second-order valence-electron chi connectivity index (χ2n) is 7.91. The Morgan fingerprint density at radius 1 is 1.29 bits per heavy atom. The lowest BCUT2D eigenvalue weighted by Gasteiger charge is -2.45. The summed E-state index contributed by atoms with van der Waals surface area (Å²) >= 11 is 6.26. The average molecular weight is 424 g/mol. The number of fused-ring (bicyclic) bond motifs is 2. The van der Waals surface area contributed by atoms with Crippen LogP contribution in [0.15, 0.2) is 30.6 Å². The maximum Gasteiger partial charge on any atom is 0.149 e. The molecule has 2 aromatic rings. The molecule has 28 heavy (non-hydrogen) atoms. The average Bonchev–Trinajstić information content (AvgIpc) is 3.10. The van der Waals surface area contributed by atoms with Crippen molar-refractivity contribution in [3.05, 3.63) is 52.3 Å². The van der Waals surface area contributed by atoms with E-state index in [0.29, 0.717) is 6.54 Å². The maximum absolute atomic E-state index is 11.3. The number of piperidine rings is 1. The third-order valence-electron chi connectivity index (χ3n) is 5.76. The molecule has 4 rings (SSSR count). The highest BCUT2D eigenvalue weighted by atomic mass is 35.5. The number of rotatable bonds is 5. The van der Waals surface area contributed by atoms with Gasteiger partial charge in [-0.05, 0) is 42.5 Å². The van der Waals surface area contributed by atoms with Gasteiger partial charge in [-0.25, -0.2) is 8.42 Å². The topological polar surface area (TPSA) is 64.4 Å². The number of sulfone groups is 1. The van der Waals surface area contributed by atoms with Crippen LogP contribution in [0, 0.1) is 0 Å². The van der Waals surface area contributed by atoms with Gasteiger partial charge in [0.05, 0.1) is 30.7 Å². The molecule has 2 aliphatic rings. The number of hydrogen-bond acceptors (Lipinski definition) is 5. The van der Waals surface area contributed by atoms with Crippen molar-refractivity contribution in [1.29, 1.82) is 0 Å². The Kier molecular flexibility index (Phi) is 5.53. The van der Waals surface area contributed by atoms with Gasteiger partial charge < -0.3 is 4.74 Å². The number of aromatic nitrogens is 2. The van der Waals surface area contributed by atoms with E-state index in [1.54, 1.807) is 4.68 Å². The van der Waals surface area contributed by atoms with Crippen molar-refractivity contribution in [3.8, 4) is 0 Å². The van der Waals surface area contributed by atoms with Gasteiger partial charge in [-0.2, -0.15) is 5.10 Å². The number of nitrogens with zero attached hydrogens (tertiary/aromatic N) is 3. The van der Waals surface area contributed by atoms with Crippen molar-refractivity contribution in [2.75, 3.05) is 31.7 Å². The molecule has 3 heterocycles. The summed E-state index contributed by atoms with van der Waals surface area (Å²) in [5, 5.41) is 5.06. The fourth-order valence-corrected chi connectivity index (χ4v) is 4.93. The fourth-order valence-electron chi connectivity index (χ4n) is 4.24. The van der Waals surface area contributed by atoms with Crippen LogP contribution in [0.5, 0.6) is 0 Å². The van der Waals surface area contributed by atoms with E-state index in [9.17, 15) is 8.42 Å². The zero-order valence-corrected chi connectivity index (χ0v) is 17.7. The summed E-state index contributed by atoms with van der Waals surface area (Å²) < 4.78 is 30.6. The normalized spacial score (nSPS) is 19.6. The molecule has 0 N–H and O–H groups in total. The smallest absolute Gasteiger partial charge is 0.149 e. The van der Waals surface area contributed by atoms with Gasteiger partial charge in [0.2, 0.25) is 0 Å². The summed E-state index contributed by atoms with van der Waals surface area (Å²) in [5.74, 6) is 0.111. The number of benzene rings is 1. The van der Waals surface area contributed by atoms with Gasteiger partial charge in [0.25, 0.3) is 0 Å². The molecule has 1 saturated heterocycles. The van der Waals surface area contributed by atoms with E-state index in [4.69, 9.17) is 16.3 Å². The van der Waals surface area contributed by atoms with Gasteiger partial charge >= 0.3 is 0 Å². The molecule has 0 bridgehead atoms. The highest BCUT2D eigenvalue weighted by Gasteiger charge is 2.40. The number of hydrogen-bond donors (Lipinski definition) is 0. The Balaban J connectivity index is 1.38. The van der Waals surface area contributed by atoms with Gasteiger partial charge in [0.1, 0.15) is 9.84 Å². The second-order valence-corrected chi connectivity index (χ2v) is 10.6. The third kappa shape index (κ3) is 4.43. The molecule has 1 aromatic carbocycles. The predicted octanol–water partition coefficient (Wildman–Crippen LogP) is 2.65. The van der Waals surface area contributed by atoms with Crippen LogP contribution in [0.4, 0.5) is 0 Å². The van der Waals surface area contributed by atoms with Crippen molar-refractivity contribution in [2.45, 2.75) is 38.0 Å². The Bertz CT molecular complexity index is 949. The SMILES string of the molecule is CS(=O)(=O)CCn1cc(CN2CCC3(CC2)OCCc2ccc(Cl)cc23)cn1. The summed E-state index contributed by atoms with van der Waals surface area (Å²) in [6, 6.07) is 6.19. The minimum Gasteiger partial charge on any atom is -0.370 e. The Labute approximate surface area is 171 Å². The van der Waals surface area contributed by atoms with E-state index in [0.717, 1.165) is 56.1 Å². The molecule has 0 amide bonds. The van der Waals surface area contributed by atoms with E-state index < -0.39 is 9.84 Å². The monoisotopic (exact) mass is 423 g/mol. The van der Waals surface area contributed by atoms with Gasteiger partial charge in [0.15, 0.2) is 0 Å². The molecule has 152 valence electrons. The molecule has 0 unspecified atom stereocenters. The minimum absolute atomic E-state index is 0.111. The first-order valence-electron chi connectivity index (χ1n) is 9.67. The molecule has 0 atom stereocenters. The zero-order valence-electron chi connectivity index (χ0n) is 16.1. The zero-order chi connectivity index (χ0) is 19.8. The van der Waals surface area contributed by atoms with Crippen molar-refractivity contribution < 1.29 is 13.2 Å². The second kappa shape index (κ2) is 7.78. The molecular weight excluding hydrogens is 398 g/mol. The van der Waals surface area contributed by atoms with Crippen molar-refractivity contribution >= 4 is 21.4 Å². The fraction of sp³-hybridized carbons (Fsp3) is 0.550. The van der Waals surface area contributed by atoms with Crippen molar-refractivity contribution in [3.63, 3.8) is 0 Å². The van der Waals surface area contributed by atoms with E-state index in [1.165, 1.54) is 17.4 Å². The van der Waals surface area contributed by atoms with Gasteiger partial charge in [0, 0.05) is 42.7 Å². The first kappa shape index (κ1) is 19.9. The van der Waals surface area contributed by atoms with Crippen LogP contribution in [0.25, 0.3) is 0 Å². The Hall–Kier alpha value is -1.41. The standard InChI is InChI=1S/C20H26ClN3O3S/c1-28(25,26)11-9-24-15-16(13-22-24)14-23-7-5-20(6-8-23)19-12-18(21)3-2-17(19)4-10-27-20/h2-3,12-13,15H,4-11,14H2,1H3. The summed E-state index contributed by atoms with van der Waals surface area (Å²) in [7, 11) is -2.98. The maximum atomic E-state index is 11.3. The number of likely N-dealkylation sites (tertiary alicyclic amines) is 1. The number of aryl methyl sites for hydroxylation is 1. The molecule has 0 aliphatic carbocycles. The largest absolute Gasteiger partial charge is 0.370 e. The lowest BCUT2D eigenvalue weighted by molar-refractivity contribution is -0.0989. The van der Waals surface area contributed by atoms with Gasteiger partial charge in [-0.1, -0.05) is 17.7 Å². The molecule has 0 saturated carbocycles. The van der Waals surface area contributed by atoms with E-state index in [-0.39, 0.29) is 11.4 Å². The molecule has 1 spiro atoms. The number of halogens is 1. The third-order valence-corrected chi connectivity index (χ3v) is 6.92. The van der Waals surface area contributed by atoms with Gasteiger partial charge in [-0.3, -0.25) is 9.58 Å². The predicted molar refractivity (Wildman–Crippen MR) is 109 cm³/mol. The molecule has 2 aliphatic heterocycles. The first-order valence-corrected chi connectivity index (χ1v) is 12.1. The summed E-state index contributed by atoms with van der Waals surface area (Å²) in [6.45, 7) is 3.87. The van der Waals surface area contributed by atoms with Crippen LogP contribution < -0.4 is 0 Å². The van der Waals surface area contributed by atoms with Gasteiger partial charge in [-0.15, -0.1) is 0 Å². The van der Waals surface area contributed by atoms with Crippen LogP contribution in [0.1, 0.15) is 29.5 Å². The minimum atomic E-state index is -2.98. The molecular formula is C20H26ClN3O3S. The Morgan fingerprint density at radius 2 is 2.07 bits per heavy atom. The van der Waals surface area contributed by atoms with Crippen LogP contribution in [-0.2, 0) is 39.7 Å². The van der Waals surface area contributed by atoms with E-state index >= 15 is 0 Å². The van der Waals surface area contributed by atoms with Crippen LogP contribution in [0.2, 0.25) is 5.02 Å². The summed E-state index contributed by atoms with van der Waals surface area (Å²) in [4.78, 5) is 2.41. The molecule has 1 aromatic heterocycles. The summed E-state index contributed by atoms with van der Waals surface area (Å²) in [5.41, 5.74) is 3.52. The molecule has 6 nitrogen and oxygen atoms in total.